The van der Waals surface area contributed by atoms with E-state index < -0.39 is 12.6 Å². The molecule has 0 aliphatic carbocycles. The molecule has 1 heterocycles. The highest BCUT2D eigenvalue weighted by molar-refractivity contribution is 6.18. The van der Waals surface area contributed by atoms with Gasteiger partial charge in [-0.05, 0) is 0 Å². The Kier molecular flexibility index (Phi) is 3.01. The van der Waals surface area contributed by atoms with Gasteiger partial charge in [0, 0.05) is 0 Å². The molecule has 0 aromatic rings. The van der Waals surface area contributed by atoms with Crippen LogP contribution in [0, 0.1) is 0 Å². The zero-order chi connectivity index (χ0) is 6.69. The van der Waals surface area contributed by atoms with Gasteiger partial charge < -0.3 is 4.74 Å². The van der Waals surface area contributed by atoms with Gasteiger partial charge in [0.2, 0.25) is 12.6 Å². The standard InChI is InChI=1S/C4H6Cl2O3/c5-1-3-7-4(2-6)9-8-3/h3-4H,1-2H2/t3-,4+. The summed E-state index contributed by atoms with van der Waals surface area (Å²) < 4.78 is 4.95. The Hall–Kier alpha value is 0.460. The molecule has 0 radical (unpaired) electrons. The highest BCUT2D eigenvalue weighted by Crippen LogP contribution is 2.14. The van der Waals surface area contributed by atoms with Crippen LogP contribution in [0.5, 0.6) is 0 Å². The van der Waals surface area contributed by atoms with Crippen molar-refractivity contribution in [3.63, 3.8) is 0 Å². The Morgan fingerprint density at radius 3 is 1.67 bits per heavy atom. The molecule has 54 valence electrons. The first-order valence-electron chi connectivity index (χ1n) is 2.46. The molecule has 0 N–H and O–H groups in total. The van der Waals surface area contributed by atoms with Crippen molar-refractivity contribution >= 4 is 23.2 Å². The van der Waals surface area contributed by atoms with Crippen LogP contribution in [0.25, 0.3) is 0 Å². The minimum absolute atomic E-state index is 0.257. The maximum absolute atomic E-state index is 5.36. The third kappa shape index (κ3) is 1.95. The van der Waals surface area contributed by atoms with Crippen LogP contribution in [0.15, 0.2) is 0 Å². The molecule has 0 saturated carbocycles. The van der Waals surface area contributed by atoms with E-state index in [9.17, 15) is 0 Å². The van der Waals surface area contributed by atoms with Gasteiger partial charge >= 0.3 is 0 Å². The zero-order valence-electron chi connectivity index (χ0n) is 4.55. The largest absolute Gasteiger partial charge is 0.315 e. The molecular weight excluding hydrogens is 167 g/mol. The van der Waals surface area contributed by atoms with E-state index in [1.54, 1.807) is 0 Å². The van der Waals surface area contributed by atoms with Crippen molar-refractivity contribution in [2.45, 2.75) is 12.6 Å². The van der Waals surface area contributed by atoms with Gasteiger partial charge in [-0.2, -0.15) is 0 Å². The van der Waals surface area contributed by atoms with Gasteiger partial charge in [0.1, 0.15) is 0 Å². The van der Waals surface area contributed by atoms with Crippen molar-refractivity contribution in [3.05, 3.63) is 0 Å². The fourth-order valence-electron chi connectivity index (χ4n) is 0.463. The SMILES string of the molecule is ClC[C@@H]1OO[C@H](CCl)O1. The molecule has 3 nitrogen and oxygen atoms in total. The molecule has 9 heavy (non-hydrogen) atoms. The van der Waals surface area contributed by atoms with Crippen molar-refractivity contribution in [2.75, 3.05) is 11.8 Å². The number of hydrogen-bond acceptors (Lipinski definition) is 3. The van der Waals surface area contributed by atoms with Crippen LogP contribution in [0.4, 0.5) is 0 Å². The maximum atomic E-state index is 5.36. The lowest BCUT2D eigenvalue weighted by Gasteiger charge is -1.99. The molecule has 0 aromatic heterocycles. The first kappa shape index (κ1) is 7.57. The first-order chi connectivity index (χ1) is 4.36. The van der Waals surface area contributed by atoms with Crippen LogP contribution >= 0.6 is 23.2 Å². The lowest BCUT2D eigenvalue weighted by atomic mass is 10.7. The molecule has 1 rings (SSSR count). The summed E-state index contributed by atoms with van der Waals surface area (Å²) in [5.74, 6) is 0.515. The molecule has 0 amide bonds. The molecule has 1 aliphatic rings. The highest BCUT2D eigenvalue weighted by atomic mass is 35.5. The maximum Gasteiger partial charge on any atom is 0.207 e. The summed E-state index contributed by atoms with van der Waals surface area (Å²) in [7, 11) is 0. The number of ether oxygens (including phenoxy) is 1. The topological polar surface area (TPSA) is 27.7 Å². The van der Waals surface area contributed by atoms with Gasteiger partial charge in [0.25, 0.3) is 0 Å². The van der Waals surface area contributed by atoms with Gasteiger partial charge in [-0.15, -0.1) is 23.2 Å². The molecule has 0 bridgehead atoms. The van der Waals surface area contributed by atoms with Crippen LogP contribution < -0.4 is 0 Å². The monoisotopic (exact) mass is 172 g/mol. The summed E-state index contributed by atoms with van der Waals surface area (Å²) in [6.45, 7) is 0. The molecule has 0 aromatic carbocycles. The van der Waals surface area contributed by atoms with Crippen molar-refractivity contribution in [2.24, 2.45) is 0 Å². The van der Waals surface area contributed by atoms with E-state index in [-0.39, 0.29) is 11.8 Å². The molecule has 5 heteroatoms. The van der Waals surface area contributed by atoms with Crippen LogP contribution in [-0.2, 0) is 14.5 Å². The predicted octanol–water partition coefficient (Wildman–Crippen LogP) is 1.09. The lowest BCUT2D eigenvalue weighted by Crippen LogP contribution is -2.13. The normalized spacial score (nSPS) is 35.3. The number of rotatable bonds is 2. The van der Waals surface area contributed by atoms with E-state index in [1.165, 1.54) is 0 Å². The van der Waals surface area contributed by atoms with E-state index in [0.29, 0.717) is 0 Å². The predicted molar refractivity (Wildman–Crippen MR) is 32.3 cm³/mol. The lowest BCUT2D eigenvalue weighted by molar-refractivity contribution is -0.289. The quantitative estimate of drug-likeness (QED) is 0.462. The van der Waals surface area contributed by atoms with Crippen molar-refractivity contribution in [1.29, 1.82) is 0 Å². The summed E-state index contributed by atoms with van der Waals surface area (Å²) in [6.07, 6.45) is -0.925. The average molecular weight is 173 g/mol. The highest BCUT2D eigenvalue weighted by Gasteiger charge is 2.25. The van der Waals surface area contributed by atoms with Gasteiger partial charge in [0.15, 0.2) is 0 Å². The summed E-state index contributed by atoms with van der Waals surface area (Å²) in [5, 5.41) is 0. The fraction of sp³-hybridized carbons (Fsp3) is 1.00. The third-order valence-corrected chi connectivity index (χ3v) is 1.33. The van der Waals surface area contributed by atoms with Gasteiger partial charge in [0.05, 0.1) is 11.8 Å². The van der Waals surface area contributed by atoms with Gasteiger partial charge in [-0.25, -0.2) is 9.78 Å². The molecule has 1 aliphatic heterocycles. The Balaban J connectivity index is 2.20. The van der Waals surface area contributed by atoms with E-state index in [4.69, 9.17) is 27.9 Å². The molecule has 1 fully saturated rings. The minimum atomic E-state index is -0.463. The minimum Gasteiger partial charge on any atom is -0.315 e. The second-order valence-corrected chi connectivity index (χ2v) is 2.11. The van der Waals surface area contributed by atoms with Gasteiger partial charge in [-0.1, -0.05) is 0 Å². The zero-order valence-corrected chi connectivity index (χ0v) is 6.06. The third-order valence-electron chi connectivity index (χ3n) is 0.826. The Morgan fingerprint density at radius 1 is 1.00 bits per heavy atom. The first-order valence-corrected chi connectivity index (χ1v) is 3.53. The van der Waals surface area contributed by atoms with Crippen LogP contribution in [0.3, 0.4) is 0 Å². The molecular formula is C4H6Cl2O3. The van der Waals surface area contributed by atoms with E-state index in [0.717, 1.165) is 0 Å². The number of hydrogen-bond donors (Lipinski definition) is 0. The van der Waals surface area contributed by atoms with Crippen molar-refractivity contribution < 1.29 is 14.5 Å². The summed E-state index contributed by atoms with van der Waals surface area (Å²) in [4.78, 5) is 9.13. The van der Waals surface area contributed by atoms with E-state index in [2.05, 4.69) is 9.78 Å². The average Bonchev–Trinajstić information content (AvgIpc) is 2.34. The molecule has 0 spiro atoms. The molecule has 0 unspecified atom stereocenters. The smallest absolute Gasteiger partial charge is 0.207 e. The van der Waals surface area contributed by atoms with Crippen LogP contribution in [0.1, 0.15) is 0 Å². The summed E-state index contributed by atoms with van der Waals surface area (Å²) >= 11 is 10.7. The summed E-state index contributed by atoms with van der Waals surface area (Å²) in [6, 6.07) is 0. The second-order valence-electron chi connectivity index (χ2n) is 1.50. The van der Waals surface area contributed by atoms with Crippen LogP contribution in [0.2, 0.25) is 0 Å². The summed E-state index contributed by atoms with van der Waals surface area (Å²) in [5.41, 5.74) is 0. The molecule has 1 saturated heterocycles. The fourth-order valence-corrected chi connectivity index (χ4v) is 0.711. The number of halogens is 2. The number of alkyl halides is 2. The Bertz CT molecular complexity index is 79.9. The van der Waals surface area contributed by atoms with Crippen LogP contribution in [-0.4, -0.2) is 24.3 Å². The van der Waals surface area contributed by atoms with Crippen molar-refractivity contribution in [3.8, 4) is 0 Å². The molecule has 2 atom stereocenters. The van der Waals surface area contributed by atoms with E-state index in [1.807, 2.05) is 0 Å². The van der Waals surface area contributed by atoms with Crippen molar-refractivity contribution in [1.82, 2.24) is 0 Å². The van der Waals surface area contributed by atoms with E-state index >= 15 is 0 Å². The Labute approximate surface area is 62.7 Å². The second kappa shape index (κ2) is 3.58. The van der Waals surface area contributed by atoms with Gasteiger partial charge in [-0.3, -0.25) is 0 Å². The Morgan fingerprint density at radius 2 is 1.44 bits per heavy atom.